The number of hydrogen-bond acceptors (Lipinski definition) is 2. The fourth-order valence-corrected chi connectivity index (χ4v) is 1.87. The van der Waals surface area contributed by atoms with E-state index in [-0.39, 0.29) is 10.0 Å². The zero-order chi connectivity index (χ0) is 12.5. The molecule has 0 amide bonds. The van der Waals surface area contributed by atoms with E-state index in [2.05, 4.69) is 20.7 Å². The summed E-state index contributed by atoms with van der Waals surface area (Å²) in [5, 5.41) is 0. The van der Waals surface area contributed by atoms with Crippen molar-refractivity contribution in [1.82, 2.24) is 0 Å². The van der Waals surface area contributed by atoms with Crippen LogP contribution in [0.1, 0.15) is 22.8 Å². The van der Waals surface area contributed by atoms with E-state index in [1.165, 1.54) is 19.1 Å². The lowest BCUT2D eigenvalue weighted by atomic mass is 10.1. The molecule has 0 unspecified atom stereocenters. The van der Waals surface area contributed by atoms with E-state index in [0.29, 0.717) is 5.56 Å². The second kappa shape index (κ2) is 4.45. The molecule has 0 aromatic heterocycles. The van der Waals surface area contributed by atoms with Crippen molar-refractivity contribution in [1.29, 1.82) is 0 Å². The van der Waals surface area contributed by atoms with Crippen molar-refractivity contribution < 1.29 is 22.7 Å². The van der Waals surface area contributed by atoms with Gasteiger partial charge in [0, 0.05) is 0 Å². The molecule has 0 saturated heterocycles. The number of hydrogen-bond donors (Lipinski definition) is 0. The van der Waals surface area contributed by atoms with E-state index in [0.717, 1.165) is 0 Å². The smallest absolute Gasteiger partial charge is 0.404 e. The van der Waals surface area contributed by atoms with Gasteiger partial charge in [-0.05, 0) is 47.5 Å². The molecule has 0 aliphatic rings. The van der Waals surface area contributed by atoms with E-state index < -0.39 is 17.9 Å². The molecule has 0 aliphatic carbocycles. The summed E-state index contributed by atoms with van der Waals surface area (Å²) in [5.41, 5.74) is 0.579. The summed E-state index contributed by atoms with van der Waals surface area (Å²) in [4.78, 5) is 11.2. The fourth-order valence-electron chi connectivity index (χ4n) is 1.21. The Morgan fingerprint density at radius 3 is 2.38 bits per heavy atom. The maximum Gasteiger partial charge on any atom is 0.573 e. The number of rotatable bonds is 2. The topological polar surface area (TPSA) is 26.3 Å². The minimum Gasteiger partial charge on any atom is -0.404 e. The van der Waals surface area contributed by atoms with Crippen molar-refractivity contribution in [2.24, 2.45) is 0 Å². The number of Topliss-reactive ketones (excluding diaryl/α,β-unsaturated/α-hetero) is 1. The Kier molecular flexibility index (Phi) is 3.62. The van der Waals surface area contributed by atoms with Gasteiger partial charge in [-0.2, -0.15) is 0 Å². The Labute approximate surface area is 98.5 Å². The molecule has 88 valence electrons. The second-order valence-corrected chi connectivity index (χ2v) is 4.08. The molecule has 2 nitrogen and oxygen atoms in total. The number of carbonyl (C=O) groups excluding carboxylic acids is 1. The monoisotopic (exact) mass is 296 g/mol. The molecular weight excluding hydrogens is 289 g/mol. The first kappa shape index (κ1) is 13.0. The summed E-state index contributed by atoms with van der Waals surface area (Å²) >= 11 is 2.94. The van der Waals surface area contributed by atoms with Gasteiger partial charge >= 0.3 is 6.36 Å². The standard InChI is InChI=1S/C10H8BrF3O2/c1-5-3-7(6(2)15)9(8(11)4-5)16-10(12,13)14/h3-4H,1-2H3. The summed E-state index contributed by atoms with van der Waals surface area (Å²) in [5.74, 6) is -0.978. The maximum atomic E-state index is 12.1. The van der Waals surface area contributed by atoms with Gasteiger partial charge in [-0.25, -0.2) is 0 Å². The number of ketones is 1. The maximum absolute atomic E-state index is 12.1. The van der Waals surface area contributed by atoms with Gasteiger partial charge in [0.1, 0.15) is 0 Å². The lowest BCUT2D eigenvalue weighted by molar-refractivity contribution is -0.275. The van der Waals surface area contributed by atoms with Gasteiger partial charge in [-0.3, -0.25) is 4.79 Å². The van der Waals surface area contributed by atoms with Crippen LogP contribution in [0.2, 0.25) is 0 Å². The highest BCUT2D eigenvalue weighted by atomic mass is 79.9. The highest BCUT2D eigenvalue weighted by Gasteiger charge is 2.33. The molecule has 0 aliphatic heterocycles. The zero-order valence-corrected chi connectivity index (χ0v) is 10.1. The van der Waals surface area contributed by atoms with E-state index in [4.69, 9.17) is 0 Å². The van der Waals surface area contributed by atoms with Gasteiger partial charge in [0.15, 0.2) is 11.5 Å². The minimum absolute atomic E-state index is 0.0933. The summed E-state index contributed by atoms with van der Waals surface area (Å²) in [7, 11) is 0. The largest absolute Gasteiger partial charge is 0.573 e. The van der Waals surface area contributed by atoms with Gasteiger partial charge in [-0.1, -0.05) is 0 Å². The average molecular weight is 297 g/mol. The number of halogens is 4. The highest BCUT2D eigenvalue weighted by molar-refractivity contribution is 9.10. The van der Waals surface area contributed by atoms with E-state index in [1.54, 1.807) is 6.92 Å². The lowest BCUT2D eigenvalue weighted by Crippen LogP contribution is -2.19. The second-order valence-electron chi connectivity index (χ2n) is 3.23. The first-order valence-corrected chi connectivity index (χ1v) is 5.07. The Morgan fingerprint density at radius 2 is 1.94 bits per heavy atom. The predicted octanol–water partition coefficient (Wildman–Crippen LogP) is 3.86. The molecule has 0 N–H and O–H groups in total. The summed E-state index contributed by atoms with van der Waals surface area (Å²) < 4.78 is 40.3. The molecule has 1 aromatic carbocycles. The SMILES string of the molecule is CC(=O)c1cc(C)cc(Br)c1OC(F)(F)F. The molecule has 0 saturated carbocycles. The van der Waals surface area contributed by atoms with Crippen LogP contribution in [0.5, 0.6) is 5.75 Å². The van der Waals surface area contributed by atoms with Crippen molar-refractivity contribution in [3.8, 4) is 5.75 Å². The molecule has 0 fully saturated rings. The highest BCUT2D eigenvalue weighted by Crippen LogP contribution is 2.35. The van der Waals surface area contributed by atoms with Gasteiger partial charge in [-0.15, -0.1) is 13.2 Å². The quantitative estimate of drug-likeness (QED) is 0.775. The normalized spacial score (nSPS) is 11.4. The Bertz CT molecular complexity index is 427. The van der Waals surface area contributed by atoms with Gasteiger partial charge in [0.2, 0.25) is 0 Å². The van der Waals surface area contributed by atoms with Crippen LogP contribution in [0.15, 0.2) is 16.6 Å². The van der Waals surface area contributed by atoms with Crippen LogP contribution in [0.3, 0.4) is 0 Å². The molecule has 6 heteroatoms. The van der Waals surface area contributed by atoms with Crippen molar-refractivity contribution in [2.75, 3.05) is 0 Å². The van der Waals surface area contributed by atoms with E-state index in [1.807, 2.05) is 0 Å². The van der Waals surface area contributed by atoms with Crippen LogP contribution < -0.4 is 4.74 Å². The summed E-state index contributed by atoms with van der Waals surface area (Å²) in [6.07, 6.45) is -4.82. The third kappa shape index (κ3) is 3.23. The number of ether oxygens (including phenoxy) is 1. The Balaban J connectivity index is 3.30. The molecule has 0 bridgehead atoms. The molecular formula is C10H8BrF3O2. The molecule has 0 radical (unpaired) electrons. The fraction of sp³-hybridized carbons (Fsp3) is 0.300. The van der Waals surface area contributed by atoms with Gasteiger partial charge in [0.05, 0.1) is 10.0 Å². The first-order chi connectivity index (χ1) is 7.20. The molecule has 0 atom stereocenters. The van der Waals surface area contributed by atoms with E-state index in [9.17, 15) is 18.0 Å². The van der Waals surface area contributed by atoms with Gasteiger partial charge in [0.25, 0.3) is 0 Å². The summed E-state index contributed by atoms with van der Waals surface area (Å²) in [6.45, 7) is 2.86. The summed E-state index contributed by atoms with van der Waals surface area (Å²) in [6, 6.07) is 2.81. The molecule has 0 spiro atoms. The third-order valence-electron chi connectivity index (χ3n) is 1.79. The van der Waals surface area contributed by atoms with Crippen LogP contribution >= 0.6 is 15.9 Å². The van der Waals surface area contributed by atoms with Crippen LogP contribution in [0.4, 0.5) is 13.2 Å². The first-order valence-electron chi connectivity index (χ1n) is 4.27. The van der Waals surface area contributed by atoms with Crippen molar-refractivity contribution in [3.63, 3.8) is 0 Å². The lowest BCUT2D eigenvalue weighted by Gasteiger charge is -2.14. The Morgan fingerprint density at radius 1 is 1.38 bits per heavy atom. The van der Waals surface area contributed by atoms with Crippen LogP contribution in [-0.4, -0.2) is 12.1 Å². The van der Waals surface area contributed by atoms with E-state index >= 15 is 0 Å². The van der Waals surface area contributed by atoms with Crippen molar-refractivity contribution in [3.05, 3.63) is 27.7 Å². The van der Waals surface area contributed by atoms with Gasteiger partial charge < -0.3 is 4.74 Å². The van der Waals surface area contributed by atoms with Crippen molar-refractivity contribution >= 4 is 21.7 Å². The number of carbonyl (C=O) groups is 1. The number of benzene rings is 1. The average Bonchev–Trinajstić information content (AvgIpc) is 2.07. The van der Waals surface area contributed by atoms with Crippen molar-refractivity contribution in [2.45, 2.75) is 20.2 Å². The Hall–Kier alpha value is -1.04. The minimum atomic E-state index is -4.82. The van der Waals surface area contributed by atoms with Crippen LogP contribution in [0, 0.1) is 6.92 Å². The predicted molar refractivity (Wildman–Crippen MR) is 55.6 cm³/mol. The third-order valence-corrected chi connectivity index (χ3v) is 2.37. The molecule has 16 heavy (non-hydrogen) atoms. The molecule has 1 rings (SSSR count). The zero-order valence-electron chi connectivity index (χ0n) is 8.48. The molecule has 0 heterocycles. The van der Waals surface area contributed by atoms with Crippen LogP contribution in [0.25, 0.3) is 0 Å². The number of alkyl halides is 3. The number of aryl methyl sites for hydroxylation is 1. The molecule has 1 aromatic rings. The van der Waals surface area contributed by atoms with Crippen LogP contribution in [-0.2, 0) is 0 Å².